The van der Waals surface area contributed by atoms with Gasteiger partial charge in [0.05, 0.1) is 6.61 Å². The molecular formula is C67H110O12. The van der Waals surface area contributed by atoms with Gasteiger partial charge in [0.2, 0.25) is 0 Å². The highest BCUT2D eigenvalue weighted by molar-refractivity contribution is 5.74. The highest BCUT2D eigenvalue weighted by Gasteiger charge is 2.50. The highest BCUT2D eigenvalue weighted by Crippen LogP contribution is 2.26. The molecule has 79 heavy (non-hydrogen) atoms. The number of unbranched alkanes of at least 4 members (excludes halogenated alkanes) is 22. The average molecular weight is 1110 g/mol. The van der Waals surface area contributed by atoms with E-state index in [1.165, 1.54) is 57.8 Å². The van der Waals surface area contributed by atoms with Gasteiger partial charge in [0, 0.05) is 19.3 Å². The van der Waals surface area contributed by atoms with Crippen molar-refractivity contribution in [3.63, 3.8) is 0 Å². The first kappa shape index (κ1) is 72.7. The smallest absolute Gasteiger partial charge is 0.335 e. The maximum atomic E-state index is 13.2. The Balaban J connectivity index is 2.69. The van der Waals surface area contributed by atoms with Crippen LogP contribution < -0.4 is 0 Å². The molecule has 1 aliphatic rings. The van der Waals surface area contributed by atoms with Gasteiger partial charge in [0.15, 0.2) is 24.6 Å². The number of carboxylic acids is 1. The predicted molar refractivity (Wildman–Crippen MR) is 321 cm³/mol. The standard InChI is InChI=1S/C67H110O12/c1-4-7-10-13-16-19-22-25-27-29-30-32-33-36-38-41-44-47-50-53-59(68)75-56-58(77-60(69)54-51-48-45-42-40-37-34-31-28-26-23-20-17-14-11-8-5-2)57-76-67-65(63(72)62(71)64(79-67)66(73)74)78-61(70)55-52-49-46-43-39-35-24-21-18-15-12-9-6-3/h8-9,11-12,16-21,25-28,35,39,58,62-65,67,71-72H,4-7,10,13-15,22-24,29-34,36-38,40-57H2,1-3H3,(H,73,74)/b11-8-,12-9-,19-16-,20-17-,21-18-,27-25-,28-26-,39-35-. The summed E-state index contributed by atoms with van der Waals surface area (Å²) in [5.41, 5.74) is 0. The van der Waals surface area contributed by atoms with Gasteiger partial charge in [-0.2, -0.15) is 0 Å². The second kappa shape index (κ2) is 54.2. The maximum Gasteiger partial charge on any atom is 0.335 e. The van der Waals surface area contributed by atoms with Gasteiger partial charge in [-0.05, 0) is 116 Å². The number of rotatable bonds is 52. The minimum Gasteiger partial charge on any atom is -0.479 e. The summed E-state index contributed by atoms with van der Waals surface area (Å²) in [6, 6.07) is 0. The number of allylic oxidation sites excluding steroid dienone is 16. The molecule has 1 rings (SSSR count). The van der Waals surface area contributed by atoms with Crippen molar-refractivity contribution < 1.29 is 58.2 Å². The van der Waals surface area contributed by atoms with E-state index in [2.05, 4.69) is 118 Å². The zero-order valence-corrected chi connectivity index (χ0v) is 49.6. The number of carboxylic acid groups (broad SMARTS) is 1. The molecule has 1 heterocycles. The first-order valence-corrected chi connectivity index (χ1v) is 31.2. The molecule has 0 aliphatic carbocycles. The minimum absolute atomic E-state index is 0.0201. The monoisotopic (exact) mass is 1110 g/mol. The zero-order chi connectivity index (χ0) is 57.5. The fourth-order valence-electron chi connectivity index (χ4n) is 8.90. The van der Waals surface area contributed by atoms with Gasteiger partial charge in [-0.15, -0.1) is 0 Å². The number of hydrogen-bond acceptors (Lipinski definition) is 11. The third-order valence-electron chi connectivity index (χ3n) is 13.6. The number of ether oxygens (including phenoxy) is 5. The molecule has 1 aliphatic heterocycles. The molecule has 1 saturated heterocycles. The molecular weight excluding hydrogens is 997 g/mol. The van der Waals surface area contributed by atoms with E-state index in [4.69, 9.17) is 23.7 Å². The van der Waals surface area contributed by atoms with Crippen LogP contribution in [-0.4, -0.2) is 89.2 Å². The summed E-state index contributed by atoms with van der Waals surface area (Å²) in [5.74, 6) is -3.18. The lowest BCUT2D eigenvalue weighted by Gasteiger charge is -2.40. The van der Waals surface area contributed by atoms with Crippen LogP contribution in [0.3, 0.4) is 0 Å². The van der Waals surface area contributed by atoms with E-state index < -0.39 is 67.3 Å². The Morgan fingerprint density at radius 3 is 1.23 bits per heavy atom. The molecule has 450 valence electrons. The van der Waals surface area contributed by atoms with Crippen LogP contribution in [0.25, 0.3) is 0 Å². The lowest BCUT2D eigenvalue weighted by Crippen LogP contribution is -2.61. The van der Waals surface area contributed by atoms with Gasteiger partial charge in [0.25, 0.3) is 0 Å². The molecule has 0 bridgehead atoms. The summed E-state index contributed by atoms with van der Waals surface area (Å²) in [7, 11) is 0. The molecule has 6 atom stereocenters. The van der Waals surface area contributed by atoms with Gasteiger partial charge in [0.1, 0.15) is 18.8 Å². The summed E-state index contributed by atoms with van der Waals surface area (Å²) >= 11 is 0. The van der Waals surface area contributed by atoms with Gasteiger partial charge in [-0.1, -0.05) is 214 Å². The number of carbonyl (C=O) groups excluding carboxylic acids is 3. The molecule has 0 spiro atoms. The van der Waals surface area contributed by atoms with E-state index in [1.54, 1.807) is 0 Å². The number of aliphatic hydroxyl groups is 2. The second-order valence-electron chi connectivity index (χ2n) is 20.9. The number of hydrogen-bond donors (Lipinski definition) is 3. The van der Waals surface area contributed by atoms with E-state index >= 15 is 0 Å². The van der Waals surface area contributed by atoms with Crippen LogP contribution in [0.15, 0.2) is 97.2 Å². The molecule has 12 heteroatoms. The number of carbonyl (C=O) groups is 4. The average Bonchev–Trinajstić information content (AvgIpc) is 3.46. The molecule has 3 N–H and O–H groups in total. The van der Waals surface area contributed by atoms with E-state index in [0.29, 0.717) is 19.3 Å². The topological polar surface area (TPSA) is 175 Å². The summed E-state index contributed by atoms with van der Waals surface area (Å²) in [6.45, 7) is 5.73. The molecule has 0 aromatic rings. The third-order valence-corrected chi connectivity index (χ3v) is 13.6. The normalized spacial score (nSPS) is 18.5. The first-order chi connectivity index (χ1) is 38.6. The zero-order valence-electron chi connectivity index (χ0n) is 49.6. The Morgan fingerprint density at radius 2 is 0.797 bits per heavy atom. The Hall–Kier alpha value is -4.36. The minimum atomic E-state index is -1.92. The Morgan fingerprint density at radius 1 is 0.430 bits per heavy atom. The Labute approximate surface area is 479 Å². The van der Waals surface area contributed by atoms with Crippen molar-refractivity contribution in [1.29, 1.82) is 0 Å². The van der Waals surface area contributed by atoms with Crippen molar-refractivity contribution in [3.8, 4) is 0 Å². The lowest BCUT2D eigenvalue weighted by atomic mass is 9.98. The van der Waals surface area contributed by atoms with Crippen LogP contribution in [0.1, 0.15) is 252 Å². The fourth-order valence-corrected chi connectivity index (χ4v) is 8.90. The molecule has 1 fully saturated rings. The van der Waals surface area contributed by atoms with Gasteiger partial charge < -0.3 is 39.0 Å². The molecule has 0 saturated carbocycles. The van der Waals surface area contributed by atoms with Gasteiger partial charge in [-0.25, -0.2) is 4.79 Å². The molecule has 0 amide bonds. The summed E-state index contributed by atoms with van der Waals surface area (Å²) in [5, 5.41) is 31.5. The SMILES string of the molecule is CC/C=C\C/C=C\C/C=C\CCCCCCCCCC(=O)OC(COC(=O)CCCCCCCCCCC/C=C\C/C=C\CCCCC)COC1OC(C(=O)O)C(O)C(O)C1OC(=O)CCCCC/C=C\C/C=C\C/C=C\CC. The van der Waals surface area contributed by atoms with Crippen LogP contribution in [0.5, 0.6) is 0 Å². The maximum absolute atomic E-state index is 13.2. The second-order valence-corrected chi connectivity index (χ2v) is 20.9. The van der Waals surface area contributed by atoms with Gasteiger partial charge >= 0.3 is 23.9 Å². The molecule has 0 aromatic carbocycles. The Kier molecular flexibility index (Phi) is 49.9. The summed E-state index contributed by atoms with van der Waals surface area (Å²) in [6.07, 6.45) is 59.4. The van der Waals surface area contributed by atoms with Crippen LogP contribution in [0.2, 0.25) is 0 Å². The molecule has 6 unspecified atom stereocenters. The summed E-state index contributed by atoms with van der Waals surface area (Å²) < 4.78 is 28.4. The van der Waals surface area contributed by atoms with Crippen molar-refractivity contribution in [2.75, 3.05) is 13.2 Å². The quantitative estimate of drug-likeness (QED) is 0.0228. The summed E-state index contributed by atoms with van der Waals surface area (Å²) in [4.78, 5) is 51.2. The van der Waals surface area contributed by atoms with Crippen molar-refractivity contribution in [3.05, 3.63) is 97.2 Å². The fraction of sp³-hybridized carbons (Fsp3) is 0.701. The number of aliphatic hydroxyl groups excluding tert-OH is 2. The van der Waals surface area contributed by atoms with Gasteiger partial charge in [-0.3, -0.25) is 14.4 Å². The van der Waals surface area contributed by atoms with Crippen molar-refractivity contribution in [1.82, 2.24) is 0 Å². The van der Waals surface area contributed by atoms with E-state index in [9.17, 15) is 34.5 Å². The van der Waals surface area contributed by atoms with Crippen molar-refractivity contribution in [2.45, 2.75) is 289 Å². The van der Waals surface area contributed by atoms with Crippen LogP contribution in [-0.2, 0) is 42.9 Å². The largest absolute Gasteiger partial charge is 0.479 e. The van der Waals surface area contributed by atoms with E-state index in [-0.39, 0.29) is 25.9 Å². The van der Waals surface area contributed by atoms with E-state index in [0.717, 1.165) is 135 Å². The first-order valence-electron chi connectivity index (χ1n) is 31.2. The molecule has 0 radical (unpaired) electrons. The molecule has 0 aromatic heterocycles. The predicted octanol–water partition coefficient (Wildman–Crippen LogP) is 16.5. The lowest BCUT2D eigenvalue weighted by molar-refractivity contribution is -0.301. The highest BCUT2D eigenvalue weighted by atomic mass is 16.7. The molecule has 12 nitrogen and oxygen atoms in total. The van der Waals surface area contributed by atoms with Crippen LogP contribution in [0, 0.1) is 0 Å². The van der Waals surface area contributed by atoms with Crippen LogP contribution in [0.4, 0.5) is 0 Å². The van der Waals surface area contributed by atoms with Crippen molar-refractivity contribution in [2.24, 2.45) is 0 Å². The van der Waals surface area contributed by atoms with E-state index in [1.807, 2.05) is 0 Å². The number of esters is 3. The van der Waals surface area contributed by atoms with Crippen LogP contribution >= 0.6 is 0 Å². The van der Waals surface area contributed by atoms with Crippen molar-refractivity contribution >= 4 is 23.9 Å². The Bertz CT molecular complexity index is 1740. The number of aliphatic carboxylic acids is 1. The third kappa shape index (κ3) is 44.0.